The predicted molar refractivity (Wildman–Crippen MR) is 118 cm³/mol. The van der Waals surface area contributed by atoms with Crippen LogP contribution >= 0.6 is 0 Å². The first-order chi connectivity index (χ1) is 13.9. The van der Waals surface area contributed by atoms with Gasteiger partial charge in [0.05, 0.1) is 19.8 Å². The van der Waals surface area contributed by atoms with Gasteiger partial charge in [0.25, 0.3) is 0 Å². The molecule has 0 saturated carbocycles. The summed E-state index contributed by atoms with van der Waals surface area (Å²) in [7, 11) is -1.64. The summed E-state index contributed by atoms with van der Waals surface area (Å²) in [5, 5.41) is 0. The first-order valence-electron chi connectivity index (χ1n) is 10.5. The second-order valence-electron chi connectivity index (χ2n) is 9.05. The Labute approximate surface area is 175 Å². The topological polar surface area (TPSA) is 27.7 Å². The van der Waals surface area contributed by atoms with Crippen molar-refractivity contribution in [3.05, 3.63) is 71.3 Å². The Balaban J connectivity index is 1.44. The maximum atomic E-state index is 6.05. The monoisotopic (exact) mass is 406 g/mol. The molecule has 152 valence electrons. The van der Waals surface area contributed by atoms with E-state index in [0.717, 1.165) is 30.0 Å². The Morgan fingerprint density at radius 1 is 0.897 bits per heavy atom. The second kappa shape index (κ2) is 8.08. The third kappa shape index (κ3) is 4.49. The molecule has 2 bridgehead atoms. The highest BCUT2D eigenvalue weighted by Crippen LogP contribution is 2.46. The van der Waals surface area contributed by atoms with E-state index in [2.05, 4.69) is 61.8 Å². The molecule has 29 heavy (non-hydrogen) atoms. The number of fused-ring (bicyclic) bond motifs is 3. The lowest BCUT2D eigenvalue weighted by atomic mass is 9.83. The summed E-state index contributed by atoms with van der Waals surface area (Å²) in [6, 6.07) is 19.8. The molecule has 3 aliphatic rings. The fourth-order valence-electron chi connectivity index (χ4n) is 4.14. The zero-order valence-corrected chi connectivity index (χ0v) is 18.7. The molecule has 3 fully saturated rings. The van der Waals surface area contributed by atoms with Crippen molar-refractivity contribution in [1.29, 1.82) is 0 Å². The fraction of sp³-hybridized carbons (Fsp3) is 0.440. The molecular weight excluding hydrogens is 376 g/mol. The van der Waals surface area contributed by atoms with Gasteiger partial charge in [-0.1, -0.05) is 62.7 Å². The Hall–Kier alpha value is -1.90. The van der Waals surface area contributed by atoms with Gasteiger partial charge in [0, 0.05) is 16.5 Å². The van der Waals surface area contributed by atoms with E-state index in [9.17, 15) is 0 Å². The molecule has 0 amide bonds. The molecule has 0 aromatic heterocycles. The van der Waals surface area contributed by atoms with E-state index in [0.29, 0.717) is 19.8 Å². The highest BCUT2D eigenvalue weighted by atomic mass is 28.3. The highest BCUT2D eigenvalue weighted by Gasteiger charge is 2.53. The largest absolute Gasteiger partial charge is 0.323 e. The maximum Gasteiger partial charge on any atom is 0.312 e. The van der Waals surface area contributed by atoms with Crippen LogP contribution in [0.1, 0.15) is 36.5 Å². The molecule has 0 unspecified atom stereocenters. The Bertz CT molecular complexity index is 869. The molecule has 3 saturated heterocycles. The van der Waals surface area contributed by atoms with Gasteiger partial charge in [-0.3, -0.25) is 0 Å². The smallest absolute Gasteiger partial charge is 0.312 e. The number of rotatable bonds is 5. The van der Waals surface area contributed by atoms with Crippen molar-refractivity contribution < 1.29 is 14.2 Å². The molecule has 2 aromatic carbocycles. The van der Waals surface area contributed by atoms with E-state index in [1.165, 1.54) is 5.56 Å². The molecule has 0 spiro atoms. The van der Waals surface area contributed by atoms with Gasteiger partial charge < -0.3 is 14.2 Å². The lowest BCUT2D eigenvalue weighted by Gasteiger charge is -2.51. The maximum absolute atomic E-state index is 6.05. The minimum Gasteiger partial charge on any atom is -0.323 e. The average Bonchev–Trinajstić information content (AvgIpc) is 2.75. The minimum atomic E-state index is -1.64. The molecule has 0 N–H and O–H groups in total. The first-order valence-corrected chi connectivity index (χ1v) is 13.7. The molecule has 3 aliphatic heterocycles. The summed E-state index contributed by atoms with van der Waals surface area (Å²) in [4.78, 5) is 0. The van der Waals surface area contributed by atoms with E-state index < -0.39 is 14.0 Å². The quantitative estimate of drug-likeness (QED) is 0.514. The van der Waals surface area contributed by atoms with Gasteiger partial charge in [-0.05, 0) is 42.3 Å². The number of benzene rings is 2. The van der Waals surface area contributed by atoms with Crippen LogP contribution in [-0.4, -0.2) is 27.9 Å². The molecule has 0 atom stereocenters. The van der Waals surface area contributed by atoms with Crippen molar-refractivity contribution in [3.63, 3.8) is 0 Å². The van der Waals surface area contributed by atoms with Gasteiger partial charge in [-0.25, -0.2) is 0 Å². The van der Waals surface area contributed by atoms with E-state index in [-0.39, 0.29) is 5.41 Å². The molecule has 0 aliphatic carbocycles. The van der Waals surface area contributed by atoms with Gasteiger partial charge in [-0.15, -0.1) is 5.54 Å². The van der Waals surface area contributed by atoms with Crippen molar-refractivity contribution >= 4 is 8.07 Å². The lowest BCUT2D eigenvalue weighted by Crippen LogP contribution is -2.58. The SMILES string of the molecule is CCCC12COC(c3ccc(C#C[Si](C)(C)Cc4ccccc4)cc3)(OC1)OC2. The second-order valence-corrected chi connectivity index (χ2v) is 13.4. The molecule has 3 nitrogen and oxygen atoms in total. The van der Waals surface area contributed by atoms with Crippen LogP contribution in [-0.2, 0) is 26.2 Å². The van der Waals surface area contributed by atoms with Crippen molar-refractivity contribution in [3.8, 4) is 11.5 Å². The van der Waals surface area contributed by atoms with Gasteiger partial charge >= 0.3 is 5.97 Å². The van der Waals surface area contributed by atoms with E-state index in [1.54, 1.807) is 0 Å². The average molecular weight is 407 g/mol. The van der Waals surface area contributed by atoms with Gasteiger partial charge in [-0.2, -0.15) is 0 Å². The van der Waals surface area contributed by atoms with Crippen molar-refractivity contribution in [1.82, 2.24) is 0 Å². The van der Waals surface area contributed by atoms with Crippen LogP contribution in [0.2, 0.25) is 13.1 Å². The first kappa shape index (κ1) is 20.4. The summed E-state index contributed by atoms with van der Waals surface area (Å²) >= 11 is 0. The highest BCUT2D eigenvalue weighted by molar-refractivity contribution is 6.84. The van der Waals surface area contributed by atoms with Crippen LogP contribution in [0.15, 0.2) is 54.6 Å². The normalized spacial score (nSPS) is 26.0. The summed E-state index contributed by atoms with van der Waals surface area (Å²) < 4.78 is 18.2. The van der Waals surface area contributed by atoms with Crippen LogP contribution in [0.25, 0.3) is 0 Å². The summed E-state index contributed by atoms with van der Waals surface area (Å²) in [6.45, 7) is 8.92. The van der Waals surface area contributed by atoms with Crippen molar-refractivity contribution in [2.45, 2.75) is 44.9 Å². The summed E-state index contributed by atoms with van der Waals surface area (Å²) in [6.07, 6.45) is 2.18. The van der Waals surface area contributed by atoms with E-state index >= 15 is 0 Å². The predicted octanol–water partition coefficient (Wildman–Crippen LogP) is 5.04. The van der Waals surface area contributed by atoms with E-state index in [4.69, 9.17) is 14.2 Å². The van der Waals surface area contributed by atoms with Crippen molar-refractivity contribution in [2.75, 3.05) is 19.8 Å². The number of ether oxygens (including phenoxy) is 3. The number of hydrogen-bond acceptors (Lipinski definition) is 3. The molecule has 5 rings (SSSR count). The van der Waals surface area contributed by atoms with E-state index in [1.807, 2.05) is 24.3 Å². The Kier molecular flexibility index (Phi) is 5.68. The minimum absolute atomic E-state index is 0.0247. The van der Waals surface area contributed by atoms with Crippen LogP contribution in [0.4, 0.5) is 0 Å². The molecular formula is C25H30O3Si. The van der Waals surface area contributed by atoms with Gasteiger partial charge in [0.2, 0.25) is 0 Å². The molecule has 4 heteroatoms. The third-order valence-electron chi connectivity index (χ3n) is 5.76. The lowest BCUT2D eigenvalue weighted by molar-refractivity contribution is -0.480. The zero-order valence-electron chi connectivity index (χ0n) is 17.7. The van der Waals surface area contributed by atoms with Crippen LogP contribution in [0.3, 0.4) is 0 Å². The van der Waals surface area contributed by atoms with Gasteiger partial charge in [0.1, 0.15) is 8.07 Å². The Morgan fingerprint density at radius 3 is 2.10 bits per heavy atom. The van der Waals surface area contributed by atoms with Crippen LogP contribution < -0.4 is 0 Å². The van der Waals surface area contributed by atoms with Crippen molar-refractivity contribution in [2.24, 2.45) is 5.41 Å². The standard InChI is InChI=1S/C25H30O3Si/c1-4-15-24-18-26-25(27-19-24,28-20-24)23-12-10-21(11-13-23)14-16-29(2,3)17-22-8-6-5-7-9-22/h5-13H,4,15,17-20H2,1-3H3. The zero-order chi connectivity index (χ0) is 20.4. The van der Waals surface area contributed by atoms with Crippen LogP contribution in [0.5, 0.6) is 0 Å². The molecule has 3 heterocycles. The molecule has 0 radical (unpaired) electrons. The summed E-state index contributed by atoms with van der Waals surface area (Å²) in [5.41, 5.74) is 6.89. The van der Waals surface area contributed by atoms with Crippen LogP contribution in [0, 0.1) is 16.9 Å². The Morgan fingerprint density at radius 2 is 1.52 bits per heavy atom. The summed E-state index contributed by atoms with van der Waals surface area (Å²) in [5.74, 6) is 2.35. The van der Waals surface area contributed by atoms with Gasteiger partial charge in [0.15, 0.2) is 0 Å². The fourth-order valence-corrected chi connectivity index (χ4v) is 5.97. The number of hydrogen-bond donors (Lipinski definition) is 0. The third-order valence-corrected chi connectivity index (χ3v) is 7.85. The molecule has 2 aromatic rings.